The quantitative estimate of drug-likeness (QED) is 0.811. The fourth-order valence-corrected chi connectivity index (χ4v) is 1.74. The molecule has 0 aromatic carbocycles. The smallest absolute Gasteiger partial charge is 0.126 e. The molecular formula is C11H18ClN3. The van der Waals surface area contributed by atoms with Crippen LogP contribution in [0.1, 0.15) is 18.4 Å². The third-order valence-electron chi connectivity index (χ3n) is 2.56. The number of halogens is 1. The molecule has 1 aliphatic heterocycles. The summed E-state index contributed by atoms with van der Waals surface area (Å²) in [5, 5.41) is 6.81. The molecule has 0 saturated carbocycles. The first kappa shape index (κ1) is 12.3. The van der Waals surface area contributed by atoms with Crippen molar-refractivity contribution in [3.05, 3.63) is 23.9 Å². The zero-order chi connectivity index (χ0) is 9.80. The number of hydrogen-bond acceptors (Lipinski definition) is 3. The van der Waals surface area contributed by atoms with Gasteiger partial charge in [-0.1, -0.05) is 6.07 Å². The molecule has 1 aromatic heterocycles. The second-order valence-corrected chi connectivity index (χ2v) is 3.91. The Kier molecular flexibility index (Phi) is 4.85. The first-order valence-corrected chi connectivity index (χ1v) is 5.24. The maximum Gasteiger partial charge on any atom is 0.126 e. The molecule has 1 aliphatic rings. The molecule has 0 amide bonds. The zero-order valence-corrected chi connectivity index (χ0v) is 9.81. The molecular weight excluding hydrogens is 210 g/mol. The van der Waals surface area contributed by atoms with E-state index < -0.39 is 0 Å². The van der Waals surface area contributed by atoms with Gasteiger partial charge in [-0.3, -0.25) is 0 Å². The Hall–Kier alpha value is -0.800. The van der Waals surface area contributed by atoms with Gasteiger partial charge in [0.05, 0.1) is 0 Å². The van der Waals surface area contributed by atoms with E-state index in [0.717, 1.165) is 18.9 Å². The van der Waals surface area contributed by atoms with Gasteiger partial charge in [-0.05, 0) is 37.9 Å². The monoisotopic (exact) mass is 227 g/mol. The number of hydrogen-bond donors (Lipinski definition) is 2. The highest BCUT2D eigenvalue weighted by atomic mass is 35.5. The number of piperidine rings is 1. The van der Waals surface area contributed by atoms with Crippen molar-refractivity contribution in [1.82, 2.24) is 10.3 Å². The molecule has 4 heteroatoms. The van der Waals surface area contributed by atoms with Crippen molar-refractivity contribution in [2.75, 3.05) is 18.4 Å². The SMILES string of the molecule is Cc1ccc(NC2CCCNC2)nc1.Cl. The van der Waals surface area contributed by atoms with E-state index in [0.29, 0.717) is 6.04 Å². The Bertz CT molecular complexity index is 280. The minimum Gasteiger partial charge on any atom is -0.366 e. The molecule has 84 valence electrons. The molecule has 0 spiro atoms. The lowest BCUT2D eigenvalue weighted by Crippen LogP contribution is -2.38. The lowest BCUT2D eigenvalue weighted by atomic mass is 10.1. The molecule has 3 nitrogen and oxygen atoms in total. The highest BCUT2D eigenvalue weighted by Crippen LogP contribution is 2.10. The maximum absolute atomic E-state index is 4.33. The molecule has 1 atom stereocenters. The van der Waals surface area contributed by atoms with Gasteiger partial charge in [0.25, 0.3) is 0 Å². The van der Waals surface area contributed by atoms with Crippen LogP contribution in [0.25, 0.3) is 0 Å². The Balaban J connectivity index is 0.00000112. The summed E-state index contributed by atoms with van der Waals surface area (Å²) >= 11 is 0. The Morgan fingerprint density at radius 3 is 2.93 bits per heavy atom. The first-order valence-electron chi connectivity index (χ1n) is 5.24. The van der Waals surface area contributed by atoms with Gasteiger partial charge in [-0.2, -0.15) is 0 Å². The summed E-state index contributed by atoms with van der Waals surface area (Å²) in [5.74, 6) is 0.990. The summed E-state index contributed by atoms with van der Waals surface area (Å²) < 4.78 is 0. The molecule has 2 heterocycles. The third-order valence-corrected chi connectivity index (χ3v) is 2.56. The highest BCUT2D eigenvalue weighted by molar-refractivity contribution is 5.85. The minimum absolute atomic E-state index is 0. The molecule has 1 saturated heterocycles. The summed E-state index contributed by atoms with van der Waals surface area (Å²) in [4.78, 5) is 4.33. The molecule has 2 N–H and O–H groups in total. The van der Waals surface area contributed by atoms with Crippen LogP contribution in [0.3, 0.4) is 0 Å². The van der Waals surface area contributed by atoms with E-state index in [9.17, 15) is 0 Å². The largest absolute Gasteiger partial charge is 0.366 e. The van der Waals surface area contributed by atoms with E-state index in [1.807, 2.05) is 12.3 Å². The average Bonchev–Trinajstić information content (AvgIpc) is 2.23. The van der Waals surface area contributed by atoms with Crippen LogP contribution in [0.4, 0.5) is 5.82 Å². The minimum atomic E-state index is 0. The third kappa shape index (κ3) is 3.68. The van der Waals surface area contributed by atoms with Crippen LogP contribution < -0.4 is 10.6 Å². The molecule has 0 radical (unpaired) electrons. The molecule has 1 unspecified atom stereocenters. The molecule has 1 aromatic rings. The van der Waals surface area contributed by atoms with Gasteiger partial charge >= 0.3 is 0 Å². The van der Waals surface area contributed by atoms with E-state index in [1.165, 1.54) is 18.4 Å². The predicted molar refractivity (Wildman–Crippen MR) is 65.7 cm³/mol. The lowest BCUT2D eigenvalue weighted by Gasteiger charge is -2.24. The number of anilines is 1. The van der Waals surface area contributed by atoms with Crippen LogP contribution in [-0.4, -0.2) is 24.1 Å². The first-order chi connectivity index (χ1) is 6.84. The van der Waals surface area contributed by atoms with Crippen molar-refractivity contribution < 1.29 is 0 Å². The predicted octanol–water partition coefficient (Wildman–Crippen LogP) is 1.98. The highest BCUT2D eigenvalue weighted by Gasteiger charge is 2.12. The van der Waals surface area contributed by atoms with Crippen LogP contribution in [0.15, 0.2) is 18.3 Å². The van der Waals surface area contributed by atoms with Crippen LogP contribution >= 0.6 is 12.4 Å². The van der Waals surface area contributed by atoms with Gasteiger partial charge in [0.15, 0.2) is 0 Å². The molecule has 0 aliphatic carbocycles. The number of aryl methyl sites for hydroxylation is 1. The topological polar surface area (TPSA) is 37.0 Å². The molecule has 1 fully saturated rings. The van der Waals surface area contributed by atoms with Crippen molar-refractivity contribution >= 4 is 18.2 Å². The van der Waals surface area contributed by atoms with E-state index in [4.69, 9.17) is 0 Å². The van der Waals surface area contributed by atoms with Gasteiger partial charge in [0.1, 0.15) is 5.82 Å². The second-order valence-electron chi connectivity index (χ2n) is 3.91. The molecule has 2 rings (SSSR count). The van der Waals surface area contributed by atoms with Crippen LogP contribution in [-0.2, 0) is 0 Å². The Morgan fingerprint density at radius 1 is 1.47 bits per heavy atom. The fourth-order valence-electron chi connectivity index (χ4n) is 1.74. The van der Waals surface area contributed by atoms with Crippen molar-refractivity contribution in [1.29, 1.82) is 0 Å². The summed E-state index contributed by atoms with van der Waals surface area (Å²) in [6.45, 7) is 4.26. The van der Waals surface area contributed by atoms with Crippen molar-refractivity contribution in [3.8, 4) is 0 Å². The molecule has 0 bridgehead atoms. The van der Waals surface area contributed by atoms with Crippen LogP contribution in [0, 0.1) is 6.92 Å². The van der Waals surface area contributed by atoms with Gasteiger partial charge in [0, 0.05) is 18.8 Å². The number of rotatable bonds is 2. The van der Waals surface area contributed by atoms with Gasteiger partial charge in [-0.25, -0.2) is 4.98 Å². The second kappa shape index (κ2) is 5.93. The summed E-state index contributed by atoms with van der Waals surface area (Å²) in [6, 6.07) is 4.68. The van der Waals surface area contributed by atoms with Gasteiger partial charge < -0.3 is 10.6 Å². The number of nitrogens with zero attached hydrogens (tertiary/aromatic N) is 1. The van der Waals surface area contributed by atoms with E-state index in [2.05, 4.69) is 28.6 Å². The van der Waals surface area contributed by atoms with Crippen LogP contribution in [0.2, 0.25) is 0 Å². The standard InChI is InChI=1S/C11H17N3.ClH/c1-9-4-5-11(13-7-9)14-10-3-2-6-12-8-10;/h4-5,7,10,12H,2-3,6,8H2,1H3,(H,13,14);1H. The van der Waals surface area contributed by atoms with Crippen molar-refractivity contribution in [3.63, 3.8) is 0 Å². The number of pyridine rings is 1. The zero-order valence-electron chi connectivity index (χ0n) is 8.99. The average molecular weight is 228 g/mol. The van der Waals surface area contributed by atoms with Gasteiger partial charge in [0.2, 0.25) is 0 Å². The number of aromatic nitrogens is 1. The van der Waals surface area contributed by atoms with E-state index >= 15 is 0 Å². The number of nitrogens with one attached hydrogen (secondary N) is 2. The molecule has 15 heavy (non-hydrogen) atoms. The van der Waals surface area contributed by atoms with Crippen molar-refractivity contribution in [2.24, 2.45) is 0 Å². The summed E-state index contributed by atoms with van der Waals surface area (Å²) in [7, 11) is 0. The van der Waals surface area contributed by atoms with Crippen molar-refractivity contribution in [2.45, 2.75) is 25.8 Å². The van der Waals surface area contributed by atoms with Gasteiger partial charge in [-0.15, -0.1) is 12.4 Å². The Labute approximate surface area is 97.1 Å². The van der Waals surface area contributed by atoms with E-state index in [1.54, 1.807) is 0 Å². The fraction of sp³-hybridized carbons (Fsp3) is 0.545. The summed E-state index contributed by atoms with van der Waals surface area (Å²) in [6.07, 6.45) is 4.39. The lowest BCUT2D eigenvalue weighted by molar-refractivity contribution is 0.479. The van der Waals surface area contributed by atoms with E-state index in [-0.39, 0.29) is 12.4 Å². The summed E-state index contributed by atoms with van der Waals surface area (Å²) in [5.41, 5.74) is 1.21. The maximum atomic E-state index is 4.33. The van der Waals surface area contributed by atoms with Crippen LogP contribution in [0.5, 0.6) is 0 Å². The normalized spacial score (nSPS) is 20.5. The Morgan fingerprint density at radius 2 is 2.33 bits per heavy atom.